The van der Waals surface area contributed by atoms with Crippen LogP contribution in [-0.4, -0.2) is 10.5 Å². The summed E-state index contributed by atoms with van der Waals surface area (Å²) in [5.74, 6) is 0. The molecule has 0 saturated heterocycles. The lowest BCUT2D eigenvalue weighted by molar-refractivity contribution is 0.461. The van der Waals surface area contributed by atoms with Crippen molar-refractivity contribution >= 4 is 11.6 Å². The molecule has 0 spiro atoms. The third kappa shape index (κ3) is 16.1. The molecule has 2 nitrogen and oxygen atoms in total. The van der Waals surface area contributed by atoms with Crippen molar-refractivity contribution in [2.75, 3.05) is 0 Å². The molecular formula is C18H37ClN2. The Hall–Kier alpha value is -0.110. The van der Waals surface area contributed by atoms with Gasteiger partial charge in [-0.25, -0.2) is 0 Å². The quantitative estimate of drug-likeness (QED) is 0.154. The molecule has 0 heterocycles. The van der Waals surface area contributed by atoms with Gasteiger partial charge in [-0.05, 0) is 40.5 Å². The summed E-state index contributed by atoms with van der Waals surface area (Å²) in [7, 11) is 0. The monoisotopic (exact) mass is 316 g/mol. The Morgan fingerprint density at radius 2 is 1.10 bits per heavy atom. The van der Waals surface area contributed by atoms with Crippen LogP contribution in [0.15, 0.2) is 10.2 Å². The molecule has 126 valence electrons. The Kier molecular flexibility index (Phi) is 11.4. The fourth-order valence-electron chi connectivity index (χ4n) is 2.24. The summed E-state index contributed by atoms with van der Waals surface area (Å²) in [5.41, 5.74) is -0.131. The second kappa shape index (κ2) is 11.5. The van der Waals surface area contributed by atoms with Crippen molar-refractivity contribution in [3.63, 3.8) is 0 Å². The van der Waals surface area contributed by atoms with Crippen LogP contribution in [0.3, 0.4) is 0 Å². The van der Waals surface area contributed by atoms with Gasteiger partial charge in [-0.2, -0.15) is 10.2 Å². The summed E-state index contributed by atoms with van der Waals surface area (Å²) in [6.07, 6.45) is 14.4. The number of rotatable bonds is 12. The van der Waals surface area contributed by atoms with Crippen molar-refractivity contribution < 1.29 is 0 Å². The number of halogens is 1. The molecule has 0 N–H and O–H groups in total. The van der Waals surface area contributed by atoms with Crippen molar-refractivity contribution in [1.29, 1.82) is 0 Å². The molecule has 0 aliphatic carbocycles. The van der Waals surface area contributed by atoms with Gasteiger partial charge in [0.2, 0.25) is 0 Å². The Labute approximate surface area is 138 Å². The predicted molar refractivity (Wildman–Crippen MR) is 95.3 cm³/mol. The van der Waals surface area contributed by atoms with E-state index in [2.05, 4.69) is 17.2 Å². The first-order valence-electron chi connectivity index (χ1n) is 8.90. The van der Waals surface area contributed by atoms with Gasteiger partial charge in [-0.3, -0.25) is 0 Å². The molecule has 0 aromatic heterocycles. The van der Waals surface area contributed by atoms with Crippen molar-refractivity contribution in [2.24, 2.45) is 10.2 Å². The molecular weight excluding hydrogens is 280 g/mol. The average Bonchev–Trinajstić information content (AvgIpc) is 2.38. The molecule has 0 rings (SSSR count). The number of hydrogen-bond acceptors (Lipinski definition) is 2. The SMILES string of the molecule is CCCCCCCCCCCCC(C)(Cl)/N=N/C(C)(C)C. The number of alkyl halides is 1. The van der Waals surface area contributed by atoms with Gasteiger partial charge in [0.1, 0.15) is 0 Å². The third-order valence-corrected chi connectivity index (χ3v) is 3.81. The van der Waals surface area contributed by atoms with E-state index in [1.54, 1.807) is 0 Å². The molecule has 0 aromatic rings. The lowest BCUT2D eigenvalue weighted by Crippen LogP contribution is -2.16. The first-order valence-corrected chi connectivity index (χ1v) is 9.27. The lowest BCUT2D eigenvalue weighted by atomic mass is 10.0. The predicted octanol–water partition coefficient (Wildman–Crippen LogP) is 7.50. The minimum absolute atomic E-state index is 0.131. The standard InChI is InChI=1S/C18H37ClN2/c1-6-7-8-9-10-11-12-13-14-15-16-18(5,19)21-20-17(2,3)4/h6-16H2,1-5H3/b21-20+. The van der Waals surface area contributed by atoms with E-state index in [-0.39, 0.29) is 5.54 Å². The third-order valence-electron chi connectivity index (χ3n) is 3.55. The maximum atomic E-state index is 6.39. The molecule has 0 amide bonds. The van der Waals surface area contributed by atoms with E-state index in [0.29, 0.717) is 0 Å². The lowest BCUT2D eigenvalue weighted by Gasteiger charge is -2.18. The van der Waals surface area contributed by atoms with E-state index in [4.69, 9.17) is 11.6 Å². The number of nitrogens with zero attached hydrogens (tertiary/aromatic N) is 2. The number of azo groups is 1. The fourth-order valence-corrected chi connectivity index (χ4v) is 2.41. The first-order chi connectivity index (χ1) is 9.77. The summed E-state index contributed by atoms with van der Waals surface area (Å²) < 4.78 is 0. The van der Waals surface area contributed by atoms with Gasteiger partial charge in [0.15, 0.2) is 5.00 Å². The van der Waals surface area contributed by atoms with Gasteiger partial charge in [0.25, 0.3) is 0 Å². The smallest absolute Gasteiger partial charge is 0.151 e. The molecule has 0 radical (unpaired) electrons. The van der Waals surface area contributed by atoms with E-state index < -0.39 is 5.00 Å². The molecule has 1 atom stereocenters. The maximum Gasteiger partial charge on any atom is 0.151 e. The van der Waals surface area contributed by atoms with Gasteiger partial charge in [0.05, 0.1) is 5.54 Å². The summed E-state index contributed by atoms with van der Waals surface area (Å²) in [4.78, 5) is -0.520. The normalized spacial score (nSPS) is 15.5. The van der Waals surface area contributed by atoms with Gasteiger partial charge >= 0.3 is 0 Å². The summed E-state index contributed by atoms with van der Waals surface area (Å²) in [5, 5.41) is 8.58. The summed E-state index contributed by atoms with van der Waals surface area (Å²) >= 11 is 6.39. The Balaban J connectivity index is 3.51. The van der Waals surface area contributed by atoms with Crippen molar-refractivity contribution in [3.8, 4) is 0 Å². The highest BCUT2D eigenvalue weighted by Crippen LogP contribution is 2.26. The molecule has 0 fully saturated rings. The van der Waals surface area contributed by atoms with E-state index in [9.17, 15) is 0 Å². The molecule has 0 aliphatic heterocycles. The fraction of sp³-hybridized carbons (Fsp3) is 1.00. The zero-order valence-electron chi connectivity index (χ0n) is 15.1. The first kappa shape index (κ1) is 20.9. The zero-order valence-corrected chi connectivity index (χ0v) is 15.8. The second-order valence-electron chi connectivity index (χ2n) is 7.45. The maximum absolute atomic E-state index is 6.39. The highest BCUT2D eigenvalue weighted by molar-refractivity contribution is 6.23. The summed E-state index contributed by atoms with van der Waals surface area (Å²) in [6, 6.07) is 0. The van der Waals surface area contributed by atoms with Crippen LogP contribution < -0.4 is 0 Å². The molecule has 21 heavy (non-hydrogen) atoms. The van der Waals surface area contributed by atoms with Gasteiger partial charge < -0.3 is 0 Å². The highest BCUT2D eigenvalue weighted by Gasteiger charge is 2.20. The summed E-state index contributed by atoms with van der Waals surface area (Å²) in [6.45, 7) is 10.4. The van der Waals surface area contributed by atoms with Crippen LogP contribution in [0.1, 0.15) is 105 Å². The van der Waals surface area contributed by atoms with Gasteiger partial charge in [-0.15, -0.1) is 0 Å². The van der Waals surface area contributed by atoms with Crippen molar-refractivity contribution in [1.82, 2.24) is 0 Å². The molecule has 0 aromatic carbocycles. The van der Waals surface area contributed by atoms with E-state index in [1.807, 2.05) is 27.7 Å². The van der Waals surface area contributed by atoms with Crippen LogP contribution in [-0.2, 0) is 0 Å². The molecule has 0 aliphatic rings. The molecule has 1 unspecified atom stereocenters. The molecule has 0 bridgehead atoms. The number of hydrogen-bond donors (Lipinski definition) is 0. The number of unbranched alkanes of at least 4 members (excludes halogenated alkanes) is 9. The van der Waals surface area contributed by atoms with E-state index in [1.165, 1.54) is 57.8 Å². The molecule has 3 heteroatoms. The Bertz CT molecular complexity index is 267. The van der Waals surface area contributed by atoms with E-state index >= 15 is 0 Å². The zero-order chi connectivity index (χ0) is 16.2. The molecule has 0 saturated carbocycles. The second-order valence-corrected chi connectivity index (χ2v) is 8.26. The van der Waals surface area contributed by atoms with E-state index in [0.717, 1.165) is 12.8 Å². The highest BCUT2D eigenvalue weighted by atomic mass is 35.5. The minimum Gasteiger partial charge on any atom is -0.187 e. The van der Waals surface area contributed by atoms with Crippen LogP contribution >= 0.6 is 11.6 Å². The Morgan fingerprint density at radius 3 is 1.52 bits per heavy atom. The van der Waals surface area contributed by atoms with Crippen LogP contribution in [0.5, 0.6) is 0 Å². The minimum atomic E-state index is -0.520. The van der Waals surface area contributed by atoms with Crippen molar-refractivity contribution in [2.45, 2.75) is 116 Å². The van der Waals surface area contributed by atoms with Gasteiger partial charge in [-0.1, -0.05) is 76.3 Å². The van der Waals surface area contributed by atoms with Crippen LogP contribution in [0.4, 0.5) is 0 Å². The van der Waals surface area contributed by atoms with Gasteiger partial charge in [0, 0.05) is 0 Å². The van der Waals surface area contributed by atoms with Crippen molar-refractivity contribution in [3.05, 3.63) is 0 Å². The van der Waals surface area contributed by atoms with Crippen LogP contribution in [0.25, 0.3) is 0 Å². The van der Waals surface area contributed by atoms with Crippen LogP contribution in [0.2, 0.25) is 0 Å². The average molecular weight is 317 g/mol. The topological polar surface area (TPSA) is 24.7 Å². The Morgan fingerprint density at radius 1 is 0.667 bits per heavy atom. The largest absolute Gasteiger partial charge is 0.187 e. The van der Waals surface area contributed by atoms with Crippen LogP contribution in [0, 0.1) is 0 Å².